The first kappa shape index (κ1) is 20.8. The molecule has 2 aromatic heterocycles. The lowest BCUT2D eigenvalue weighted by Crippen LogP contribution is -2.31. The van der Waals surface area contributed by atoms with Gasteiger partial charge in [0.2, 0.25) is 0 Å². The molecule has 0 spiro atoms. The molecule has 0 aliphatic heterocycles. The quantitative estimate of drug-likeness (QED) is 0.474. The van der Waals surface area contributed by atoms with E-state index in [9.17, 15) is 9.59 Å². The number of nitrogens with one attached hydrogen (secondary N) is 4. The number of carbonyl (C=O) groups is 2. The van der Waals surface area contributed by atoms with E-state index >= 15 is 0 Å². The van der Waals surface area contributed by atoms with Gasteiger partial charge in [0.1, 0.15) is 5.00 Å². The fourth-order valence-electron chi connectivity index (χ4n) is 2.73. The van der Waals surface area contributed by atoms with E-state index in [1.807, 2.05) is 37.2 Å². The van der Waals surface area contributed by atoms with Crippen molar-refractivity contribution >= 4 is 44.9 Å². The van der Waals surface area contributed by atoms with E-state index < -0.39 is 6.03 Å². The average Bonchev–Trinajstić information content (AvgIpc) is 3.27. The van der Waals surface area contributed by atoms with Crippen molar-refractivity contribution in [3.63, 3.8) is 0 Å². The van der Waals surface area contributed by atoms with E-state index in [-0.39, 0.29) is 11.8 Å². The third-order valence-corrected chi connectivity index (χ3v) is 5.69. The normalized spacial score (nSPS) is 11.2. The summed E-state index contributed by atoms with van der Waals surface area (Å²) in [5.74, 6) is 0.0700. The molecule has 9 heteroatoms. The van der Waals surface area contributed by atoms with Crippen LogP contribution >= 0.6 is 11.3 Å². The van der Waals surface area contributed by atoms with Crippen LogP contribution in [0, 0.1) is 0 Å². The fourth-order valence-corrected chi connectivity index (χ4v) is 3.78. The van der Waals surface area contributed by atoms with Gasteiger partial charge in [-0.05, 0) is 44.3 Å². The number of likely N-dealkylation sites (N-methyl/N-ethyl adjacent to an activating group) is 1. The van der Waals surface area contributed by atoms with Crippen LogP contribution in [0.25, 0.3) is 10.9 Å². The highest BCUT2D eigenvalue weighted by molar-refractivity contribution is 7.16. The van der Waals surface area contributed by atoms with Gasteiger partial charge in [0, 0.05) is 29.0 Å². The monoisotopic (exact) mass is 414 g/mol. The van der Waals surface area contributed by atoms with Crippen LogP contribution in [0.4, 0.5) is 15.5 Å². The Balaban J connectivity index is 1.72. The number of fused-ring (bicyclic) bond motifs is 1. The Kier molecular flexibility index (Phi) is 6.50. The van der Waals surface area contributed by atoms with Crippen LogP contribution in [0.15, 0.2) is 30.5 Å². The minimum absolute atomic E-state index is 0.190. The number of thiophene rings is 1. The van der Waals surface area contributed by atoms with Crippen molar-refractivity contribution in [3.8, 4) is 0 Å². The molecule has 0 aliphatic carbocycles. The highest BCUT2D eigenvalue weighted by Crippen LogP contribution is 2.33. The van der Waals surface area contributed by atoms with Gasteiger partial charge in [-0.15, -0.1) is 11.3 Å². The Labute approximate surface area is 173 Å². The third kappa shape index (κ3) is 5.33. The Morgan fingerprint density at radius 1 is 1.21 bits per heavy atom. The van der Waals surface area contributed by atoms with Crippen LogP contribution < -0.4 is 16.0 Å². The Morgan fingerprint density at radius 3 is 2.72 bits per heavy atom. The van der Waals surface area contributed by atoms with E-state index in [0.717, 1.165) is 22.3 Å². The van der Waals surface area contributed by atoms with E-state index in [1.165, 1.54) is 11.3 Å². The summed E-state index contributed by atoms with van der Waals surface area (Å²) in [4.78, 5) is 28.2. The summed E-state index contributed by atoms with van der Waals surface area (Å²) in [5, 5.41) is 16.8. The highest BCUT2D eigenvalue weighted by atomic mass is 32.1. The molecule has 3 rings (SSSR count). The maximum absolute atomic E-state index is 12.6. The van der Waals surface area contributed by atoms with Crippen LogP contribution in [0.3, 0.4) is 0 Å². The number of benzene rings is 1. The molecule has 0 fully saturated rings. The van der Waals surface area contributed by atoms with Crippen molar-refractivity contribution in [1.82, 2.24) is 20.4 Å². The van der Waals surface area contributed by atoms with Crippen molar-refractivity contribution in [2.45, 2.75) is 19.8 Å². The number of H-pyrrole nitrogens is 1. The average molecular weight is 415 g/mol. The first-order chi connectivity index (χ1) is 13.8. The van der Waals surface area contributed by atoms with Crippen molar-refractivity contribution < 1.29 is 9.59 Å². The molecule has 4 N–H and O–H groups in total. The van der Waals surface area contributed by atoms with Gasteiger partial charge >= 0.3 is 6.03 Å². The Hall–Kier alpha value is -2.91. The lowest BCUT2D eigenvalue weighted by atomic mass is 10.1. The maximum Gasteiger partial charge on any atom is 0.324 e. The molecule has 29 heavy (non-hydrogen) atoms. The third-order valence-electron chi connectivity index (χ3n) is 4.33. The number of anilines is 2. The highest BCUT2D eigenvalue weighted by Gasteiger charge is 2.19. The SMILES string of the molecule is CC(C)c1cc(C(=O)NCCN(C)C)c(NC(=O)Nc2ccc3[nH]ncc3c2)s1. The second kappa shape index (κ2) is 9.06. The summed E-state index contributed by atoms with van der Waals surface area (Å²) in [6.45, 7) is 5.40. The van der Waals surface area contributed by atoms with Gasteiger partial charge in [-0.2, -0.15) is 5.10 Å². The van der Waals surface area contributed by atoms with Crippen LogP contribution in [0.2, 0.25) is 0 Å². The molecule has 0 unspecified atom stereocenters. The van der Waals surface area contributed by atoms with Gasteiger partial charge in [0.25, 0.3) is 5.91 Å². The standard InChI is InChI=1S/C20H26N6O2S/c1-12(2)17-10-15(18(27)21-7-8-26(3)4)19(29-17)24-20(28)23-14-5-6-16-13(9-14)11-22-25-16/h5-6,9-12H,7-8H2,1-4H3,(H,21,27)(H,22,25)(H2,23,24,28). The number of carbonyl (C=O) groups excluding carboxylic acids is 2. The number of urea groups is 1. The van der Waals surface area contributed by atoms with Gasteiger partial charge in [-0.25, -0.2) is 4.79 Å². The minimum atomic E-state index is -0.396. The van der Waals surface area contributed by atoms with Gasteiger partial charge in [0.15, 0.2) is 0 Å². The number of hydrogen-bond donors (Lipinski definition) is 4. The molecule has 1 aromatic carbocycles. The van der Waals surface area contributed by atoms with Crippen molar-refractivity contribution in [1.29, 1.82) is 0 Å². The molecule has 0 atom stereocenters. The van der Waals surface area contributed by atoms with Crippen LogP contribution in [-0.2, 0) is 0 Å². The van der Waals surface area contributed by atoms with Crippen molar-refractivity contribution in [2.24, 2.45) is 0 Å². The molecule has 3 amide bonds. The predicted molar refractivity (Wildman–Crippen MR) is 118 cm³/mol. The summed E-state index contributed by atoms with van der Waals surface area (Å²) < 4.78 is 0. The second-order valence-electron chi connectivity index (χ2n) is 7.36. The molecule has 0 saturated carbocycles. The van der Waals surface area contributed by atoms with Crippen molar-refractivity contribution in [2.75, 3.05) is 37.8 Å². The second-order valence-corrected chi connectivity index (χ2v) is 8.44. The minimum Gasteiger partial charge on any atom is -0.351 e. The molecule has 0 saturated heterocycles. The number of aromatic nitrogens is 2. The van der Waals surface area contributed by atoms with Crippen LogP contribution in [-0.4, -0.2) is 54.2 Å². The molecule has 0 bridgehead atoms. The van der Waals surface area contributed by atoms with Crippen molar-refractivity contribution in [3.05, 3.63) is 40.9 Å². The van der Waals surface area contributed by atoms with Crippen LogP contribution in [0.1, 0.15) is 35.0 Å². The predicted octanol–water partition coefficient (Wildman–Crippen LogP) is 3.68. The molecule has 154 valence electrons. The fraction of sp³-hybridized carbons (Fsp3) is 0.350. The number of amides is 3. The largest absolute Gasteiger partial charge is 0.351 e. The Bertz CT molecular complexity index is 1010. The maximum atomic E-state index is 12.6. The number of hydrogen-bond acceptors (Lipinski definition) is 5. The van der Waals surface area contributed by atoms with E-state index in [1.54, 1.807) is 12.3 Å². The molecule has 2 heterocycles. The zero-order valence-corrected chi connectivity index (χ0v) is 17.8. The lowest BCUT2D eigenvalue weighted by Gasteiger charge is -2.11. The first-order valence-corrected chi connectivity index (χ1v) is 10.2. The molecule has 0 radical (unpaired) electrons. The number of aromatic amines is 1. The summed E-state index contributed by atoms with van der Waals surface area (Å²) >= 11 is 1.42. The first-order valence-electron chi connectivity index (χ1n) is 9.41. The zero-order valence-electron chi connectivity index (χ0n) is 17.0. The summed E-state index contributed by atoms with van der Waals surface area (Å²) in [5.41, 5.74) is 2.03. The van der Waals surface area contributed by atoms with Gasteiger partial charge in [0.05, 0.1) is 17.3 Å². The number of rotatable bonds is 7. The Morgan fingerprint density at radius 2 is 2.00 bits per heavy atom. The smallest absolute Gasteiger partial charge is 0.324 e. The molecule has 0 aliphatic rings. The summed E-state index contributed by atoms with van der Waals surface area (Å²) in [6.07, 6.45) is 1.70. The van der Waals surface area contributed by atoms with Gasteiger partial charge in [-0.3, -0.25) is 15.2 Å². The van der Waals surface area contributed by atoms with Crippen LogP contribution in [0.5, 0.6) is 0 Å². The molecular weight excluding hydrogens is 388 g/mol. The van der Waals surface area contributed by atoms with E-state index in [4.69, 9.17) is 0 Å². The van der Waals surface area contributed by atoms with E-state index in [0.29, 0.717) is 22.8 Å². The topological polar surface area (TPSA) is 102 Å². The lowest BCUT2D eigenvalue weighted by molar-refractivity contribution is 0.0952. The van der Waals surface area contributed by atoms with Gasteiger partial charge in [-0.1, -0.05) is 13.8 Å². The molecular formula is C20H26N6O2S. The number of nitrogens with zero attached hydrogens (tertiary/aromatic N) is 2. The molecule has 3 aromatic rings. The summed E-state index contributed by atoms with van der Waals surface area (Å²) in [6, 6.07) is 6.94. The van der Waals surface area contributed by atoms with E-state index in [2.05, 4.69) is 40.0 Å². The van der Waals surface area contributed by atoms with Gasteiger partial charge < -0.3 is 15.5 Å². The zero-order chi connectivity index (χ0) is 21.0. The summed E-state index contributed by atoms with van der Waals surface area (Å²) in [7, 11) is 3.90. The molecule has 8 nitrogen and oxygen atoms in total.